The van der Waals surface area contributed by atoms with Crippen molar-refractivity contribution in [2.24, 2.45) is 0 Å². The van der Waals surface area contributed by atoms with Gasteiger partial charge in [-0.05, 0) is 43.2 Å². The van der Waals surface area contributed by atoms with Crippen LogP contribution in [0.25, 0.3) is 0 Å². The van der Waals surface area contributed by atoms with Gasteiger partial charge in [0, 0.05) is 17.9 Å². The standard InChI is InChI=1S/C18H17FN2O4/c19-16-13(6-2-7-14(16)22)21-17(23)11-4-1-5-12(10-11)20-18(24)15-8-3-9-25-15/h1-2,4-7,10,15,22H,3,8-9H2,(H,20,24)(H,21,23). The van der Waals surface area contributed by atoms with Crippen molar-refractivity contribution in [3.63, 3.8) is 0 Å². The van der Waals surface area contributed by atoms with Gasteiger partial charge >= 0.3 is 0 Å². The predicted molar refractivity (Wildman–Crippen MR) is 90.1 cm³/mol. The maximum Gasteiger partial charge on any atom is 0.255 e. The quantitative estimate of drug-likeness (QED) is 0.796. The van der Waals surface area contributed by atoms with Crippen molar-refractivity contribution >= 4 is 23.2 Å². The highest BCUT2D eigenvalue weighted by Crippen LogP contribution is 2.24. The average Bonchev–Trinajstić information content (AvgIpc) is 3.14. The van der Waals surface area contributed by atoms with Gasteiger partial charge in [-0.1, -0.05) is 12.1 Å². The van der Waals surface area contributed by atoms with Crippen LogP contribution in [0.3, 0.4) is 0 Å². The van der Waals surface area contributed by atoms with Crippen molar-refractivity contribution in [1.29, 1.82) is 0 Å². The topological polar surface area (TPSA) is 87.7 Å². The Balaban J connectivity index is 1.71. The fraction of sp³-hybridized carbons (Fsp3) is 0.222. The smallest absolute Gasteiger partial charge is 0.255 e. The van der Waals surface area contributed by atoms with Crippen molar-refractivity contribution in [2.45, 2.75) is 18.9 Å². The first kappa shape index (κ1) is 16.9. The second-order valence-corrected chi connectivity index (χ2v) is 5.66. The van der Waals surface area contributed by atoms with E-state index >= 15 is 0 Å². The zero-order chi connectivity index (χ0) is 17.8. The third kappa shape index (κ3) is 3.95. The third-order valence-electron chi connectivity index (χ3n) is 3.84. The summed E-state index contributed by atoms with van der Waals surface area (Å²) in [5, 5.41) is 14.4. The molecule has 0 aliphatic carbocycles. The minimum absolute atomic E-state index is 0.126. The second kappa shape index (κ2) is 7.31. The van der Waals surface area contributed by atoms with Crippen LogP contribution in [-0.4, -0.2) is 29.6 Å². The number of phenols is 1. The van der Waals surface area contributed by atoms with Crippen LogP contribution in [0.5, 0.6) is 5.75 Å². The number of phenolic OH excluding ortho intramolecular Hbond substituents is 1. The summed E-state index contributed by atoms with van der Waals surface area (Å²) < 4.78 is 19.1. The van der Waals surface area contributed by atoms with Gasteiger partial charge in [0.1, 0.15) is 6.10 Å². The normalized spacial score (nSPS) is 16.4. The summed E-state index contributed by atoms with van der Waals surface area (Å²) >= 11 is 0. The highest BCUT2D eigenvalue weighted by atomic mass is 19.1. The van der Waals surface area contributed by atoms with E-state index in [9.17, 15) is 19.1 Å². The lowest BCUT2D eigenvalue weighted by Gasteiger charge is -2.12. The van der Waals surface area contributed by atoms with E-state index in [4.69, 9.17) is 4.74 Å². The number of halogens is 1. The summed E-state index contributed by atoms with van der Waals surface area (Å²) in [5.74, 6) is -2.26. The number of carbonyl (C=O) groups is 2. The van der Waals surface area contributed by atoms with E-state index in [-0.39, 0.29) is 17.2 Å². The molecule has 1 atom stereocenters. The van der Waals surface area contributed by atoms with Gasteiger partial charge < -0.3 is 20.5 Å². The van der Waals surface area contributed by atoms with Gasteiger partial charge in [0.25, 0.3) is 11.8 Å². The minimum Gasteiger partial charge on any atom is -0.505 e. The molecule has 2 aromatic carbocycles. The number of aromatic hydroxyl groups is 1. The number of carbonyl (C=O) groups excluding carboxylic acids is 2. The number of hydrogen-bond acceptors (Lipinski definition) is 4. The Bertz CT molecular complexity index is 803. The van der Waals surface area contributed by atoms with E-state index in [1.165, 1.54) is 30.3 Å². The Labute approximate surface area is 143 Å². The fourth-order valence-electron chi connectivity index (χ4n) is 2.56. The highest BCUT2D eigenvalue weighted by Gasteiger charge is 2.23. The number of amides is 2. The average molecular weight is 344 g/mol. The van der Waals surface area contributed by atoms with Gasteiger partial charge in [0.2, 0.25) is 0 Å². The Morgan fingerprint density at radius 2 is 1.96 bits per heavy atom. The maximum atomic E-state index is 13.8. The summed E-state index contributed by atoms with van der Waals surface area (Å²) in [5.41, 5.74) is 0.566. The summed E-state index contributed by atoms with van der Waals surface area (Å²) in [6, 6.07) is 10.2. The molecule has 1 unspecified atom stereocenters. The molecule has 7 heteroatoms. The summed E-state index contributed by atoms with van der Waals surface area (Å²) in [7, 11) is 0. The SMILES string of the molecule is O=C(Nc1cccc(O)c1F)c1cccc(NC(=O)C2CCCO2)c1. The van der Waals surface area contributed by atoms with E-state index in [1.807, 2.05) is 0 Å². The van der Waals surface area contributed by atoms with Crippen LogP contribution in [0, 0.1) is 5.82 Å². The number of rotatable bonds is 4. The molecule has 6 nitrogen and oxygen atoms in total. The van der Waals surface area contributed by atoms with Crippen LogP contribution in [0.1, 0.15) is 23.2 Å². The molecule has 1 saturated heterocycles. The van der Waals surface area contributed by atoms with Crippen molar-refractivity contribution < 1.29 is 23.8 Å². The third-order valence-corrected chi connectivity index (χ3v) is 3.84. The van der Waals surface area contributed by atoms with E-state index < -0.39 is 23.6 Å². The molecule has 1 heterocycles. The summed E-state index contributed by atoms with van der Waals surface area (Å²) in [6.45, 7) is 0.565. The van der Waals surface area contributed by atoms with E-state index in [1.54, 1.807) is 12.1 Å². The van der Waals surface area contributed by atoms with Crippen molar-refractivity contribution in [2.75, 3.05) is 17.2 Å². The van der Waals surface area contributed by atoms with E-state index in [2.05, 4.69) is 10.6 Å². The molecule has 1 aliphatic rings. The van der Waals surface area contributed by atoms with Gasteiger partial charge in [-0.15, -0.1) is 0 Å². The summed E-state index contributed by atoms with van der Waals surface area (Å²) in [4.78, 5) is 24.3. The molecule has 0 saturated carbocycles. The lowest BCUT2D eigenvalue weighted by atomic mass is 10.1. The number of nitrogens with one attached hydrogen (secondary N) is 2. The zero-order valence-electron chi connectivity index (χ0n) is 13.3. The number of hydrogen-bond donors (Lipinski definition) is 3. The van der Waals surface area contributed by atoms with Crippen molar-refractivity contribution in [3.8, 4) is 5.75 Å². The largest absolute Gasteiger partial charge is 0.505 e. The number of ether oxygens (including phenoxy) is 1. The summed E-state index contributed by atoms with van der Waals surface area (Å²) in [6.07, 6.45) is 1.04. The Kier molecular flexibility index (Phi) is 4.95. The molecule has 0 aromatic heterocycles. The lowest BCUT2D eigenvalue weighted by molar-refractivity contribution is -0.124. The van der Waals surface area contributed by atoms with Crippen LogP contribution < -0.4 is 10.6 Å². The molecule has 2 aromatic rings. The zero-order valence-corrected chi connectivity index (χ0v) is 13.3. The lowest BCUT2D eigenvalue weighted by Crippen LogP contribution is -2.27. The molecule has 3 rings (SSSR count). The van der Waals surface area contributed by atoms with Crippen molar-refractivity contribution in [3.05, 3.63) is 53.8 Å². The highest BCUT2D eigenvalue weighted by molar-refractivity contribution is 6.05. The van der Waals surface area contributed by atoms with Gasteiger partial charge in [-0.3, -0.25) is 9.59 Å². The first-order chi connectivity index (χ1) is 12.0. The molecular formula is C18H17FN2O4. The van der Waals surface area contributed by atoms with Crippen LogP contribution in [0.4, 0.5) is 15.8 Å². The monoisotopic (exact) mass is 344 g/mol. The molecule has 0 bridgehead atoms. The number of anilines is 2. The van der Waals surface area contributed by atoms with Gasteiger partial charge in [-0.2, -0.15) is 0 Å². The predicted octanol–water partition coefficient (Wildman–Crippen LogP) is 2.90. The van der Waals surface area contributed by atoms with Crippen LogP contribution in [-0.2, 0) is 9.53 Å². The Morgan fingerprint density at radius 1 is 1.16 bits per heavy atom. The molecule has 25 heavy (non-hydrogen) atoms. The van der Waals surface area contributed by atoms with Gasteiger partial charge in [0.05, 0.1) is 5.69 Å². The molecule has 0 spiro atoms. The first-order valence-electron chi connectivity index (χ1n) is 7.86. The van der Waals surface area contributed by atoms with Crippen LogP contribution in [0.2, 0.25) is 0 Å². The molecule has 130 valence electrons. The van der Waals surface area contributed by atoms with E-state index in [0.29, 0.717) is 18.7 Å². The van der Waals surface area contributed by atoms with Crippen molar-refractivity contribution in [1.82, 2.24) is 0 Å². The van der Waals surface area contributed by atoms with Crippen LogP contribution >= 0.6 is 0 Å². The first-order valence-corrected chi connectivity index (χ1v) is 7.86. The second-order valence-electron chi connectivity index (χ2n) is 5.66. The Hall–Kier alpha value is -2.93. The molecule has 2 amide bonds. The van der Waals surface area contributed by atoms with Gasteiger partial charge in [-0.25, -0.2) is 4.39 Å². The molecule has 3 N–H and O–H groups in total. The molecule has 0 radical (unpaired) electrons. The maximum absolute atomic E-state index is 13.8. The molecule has 1 aliphatic heterocycles. The number of benzene rings is 2. The minimum atomic E-state index is -0.904. The molecule has 1 fully saturated rings. The molecular weight excluding hydrogens is 327 g/mol. The van der Waals surface area contributed by atoms with E-state index in [0.717, 1.165) is 6.42 Å². The van der Waals surface area contributed by atoms with Crippen LogP contribution in [0.15, 0.2) is 42.5 Å². The fourth-order valence-corrected chi connectivity index (χ4v) is 2.56. The Morgan fingerprint density at radius 3 is 2.72 bits per heavy atom. The van der Waals surface area contributed by atoms with Gasteiger partial charge in [0.15, 0.2) is 11.6 Å².